The summed E-state index contributed by atoms with van der Waals surface area (Å²) in [5.74, 6) is -0.184. The van der Waals surface area contributed by atoms with Crippen LogP contribution < -0.4 is 5.56 Å². The van der Waals surface area contributed by atoms with E-state index >= 15 is 0 Å². The third-order valence-electron chi connectivity index (χ3n) is 6.22. The molecule has 4 nitrogen and oxygen atoms in total. The van der Waals surface area contributed by atoms with Gasteiger partial charge >= 0.3 is 0 Å². The summed E-state index contributed by atoms with van der Waals surface area (Å²) in [5.41, 5.74) is 5.18. The van der Waals surface area contributed by atoms with Crippen molar-refractivity contribution >= 4 is 21.9 Å². The van der Waals surface area contributed by atoms with Crippen LogP contribution in [0.1, 0.15) is 29.5 Å². The van der Waals surface area contributed by atoms with Crippen molar-refractivity contribution in [3.63, 3.8) is 0 Å². The molecule has 5 rings (SSSR count). The summed E-state index contributed by atoms with van der Waals surface area (Å²) < 4.78 is 17.7. The van der Waals surface area contributed by atoms with E-state index in [1.165, 1.54) is 17.7 Å². The zero-order valence-corrected chi connectivity index (χ0v) is 18.1. The lowest BCUT2D eigenvalue weighted by Gasteiger charge is -2.14. The number of aromatic nitrogens is 3. The van der Waals surface area contributed by atoms with Crippen molar-refractivity contribution in [1.29, 1.82) is 0 Å². The van der Waals surface area contributed by atoms with Crippen LogP contribution in [-0.2, 0) is 13.1 Å². The zero-order valence-electron chi connectivity index (χ0n) is 18.1. The maximum atomic E-state index is 14.1. The van der Waals surface area contributed by atoms with Crippen LogP contribution in [0.4, 0.5) is 4.39 Å². The molecule has 0 aliphatic rings. The Balaban J connectivity index is 1.69. The van der Waals surface area contributed by atoms with Gasteiger partial charge in [0.05, 0.1) is 11.8 Å². The molecule has 0 spiro atoms. The van der Waals surface area contributed by atoms with Crippen LogP contribution in [0.25, 0.3) is 21.9 Å². The Bertz CT molecular complexity index is 1480. The summed E-state index contributed by atoms with van der Waals surface area (Å²) in [6.07, 6.45) is 1.59. The highest BCUT2D eigenvalue weighted by Crippen LogP contribution is 2.28. The first-order valence-corrected chi connectivity index (χ1v) is 10.8. The fourth-order valence-corrected chi connectivity index (χ4v) is 4.41. The Hall–Kier alpha value is -3.73. The average Bonchev–Trinajstić information content (AvgIpc) is 3.11. The van der Waals surface area contributed by atoms with Gasteiger partial charge in [-0.1, -0.05) is 61.5 Å². The van der Waals surface area contributed by atoms with Crippen molar-refractivity contribution in [2.75, 3.05) is 0 Å². The lowest BCUT2D eigenvalue weighted by molar-refractivity contribution is 0.575. The zero-order chi connectivity index (χ0) is 22.2. The van der Waals surface area contributed by atoms with Gasteiger partial charge in [0.25, 0.3) is 5.56 Å². The SMILES string of the molecule is Cc1ccccc1Cn1c2ccc(F)cc2c2ncn(C[C@H](C)c3ccccc3)c(=O)c21. The molecule has 0 radical (unpaired) electrons. The highest BCUT2D eigenvalue weighted by atomic mass is 19.1. The maximum Gasteiger partial charge on any atom is 0.277 e. The highest BCUT2D eigenvalue weighted by Gasteiger charge is 2.19. The van der Waals surface area contributed by atoms with Crippen LogP contribution >= 0.6 is 0 Å². The average molecular weight is 426 g/mol. The normalized spacial score (nSPS) is 12.5. The van der Waals surface area contributed by atoms with Gasteiger partial charge in [0.15, 0.2) is 0 Å². The molecule has 0 fully saturated rings. The number of aryl methyl sites for hydroxylation is 1. The number of benzene rings is 3. The first-order valence-electron chi connectivity index (χ1n) is 10.8. The topological polar surface area (TPSA) is 39.8 Å². The van der Waals surface area contributed by atoms with Crippen LogP contribution in [0, 0.1) is 12.7 Å². The van der Waals surface area contributed by atoms with Gasteiger partial charge in [0.2, 0.25) is 0 Å². The number of nitrogens with zero attached hydrogens (tertiary/aromatic N) is 3. The molecule has 32 heavy (non-hydrogen) atoms. The molecule has 5 heteroatoms. The largest absolute Gasteiger partial charge is 0.330 e. The molecular weight excluding hydrogens is 401 g/mol. The third-order valence-corrected chi connectivity index (χ3v) is 6.22. The fraction of sp³-hybridized carbons (Fsp3) is 0.185. The van der Waals surface area contributed by atoms with E-state index in [9.17, 15) is 9.18 Å². The molecule has 0 saturated heterocycles. The van der Waals surface area contributed by atoms with Crippen molar-refractivity contribution in [2.24, 2.45) is 0 Å². The molecular formula is C27H24FN3O. The number of halogens is 1. The molecule has 2 aromatic heterocycles. The van der Waals surface area contributed by atoms with Gasteiger partial charge in [0, 0.05) is 18.5 Å². The van der Waals surface area contributed by atoms with Gasteiger partial charge in [-0.2, -0.15) is 0 Å². The molecule has 0 aliphatic carbocycles. The summed E-state index contributed by atoms with van der Waals surface area (Å²) in [4.78, 5) is 18.3. The predicted octanol–water partition coefficient (Wildman–Crippen LogP) is 5.65. The minimum atomic E-state index is -0.337. The van der Waals surface area contributed by atoms with E-state index in [4.69, 9.17) is 0 Å². The summed E-state index contributed by atoms with van der Waals surface area (Å²) >= 11 is 0. The van der Waals surface area contributed by atoms with E-state index in [2.05, 4.69) is 43.1 Å². The summed E-state index contributed by atoms with van der Waals surface area (Å²) in [6, 6.07) is 22.9. The number of fused-ring (bicyclic) bond motifs is 3. The number of hydrogen-bond acceptors (Lipinski definition) is 2. The van der Waals surface area contributed by atoms with Crippen molar-refractivity contribution in [2.45, 2.75) is 32.9 Å². The van der Waals surface area contributed by atoms with Crippen LogP contribution in [0.2, 0.25) is 0 Å². The van der Waals surface area contributed by atoms with E-state index in [1.807, 2.05) is 34.9 Å². The molecule has 160 valence electrons. The Morgan fingerprint density at radius 2 is 1.75 bits per heavy atom. The van der Waals surface area contributed by atoms with Gasteiger partial charge in [-0.3, -0.25) is 9.36 Å². The van der Waals surface area contributed by atoms with Crippen LogP contribution in [0.15, 0.2) is 83.9 Å². The molecule has 0 unspecified atom stereocenters. The summed E-state index contributed by atoms with van der Waals surface area (Å²) in [6.45, 7) is 5.20. The molecule has 2 heterocycles. The maximum absolute atomic E-state index is 14.1. The quantitative estimate of drug-likeness (QED) is 0.365. The second kappa shape index (κ2) is 8.08. The highest BCUT2D eigenvalue weighted by molar-refractivity contribution is 6.05. The number of hydrogen-bond donors (Lipinski definition) is 0. The van der Waals surface area contributed by atoms with Crippen molar-refractivity contribution in [3.8, 4) is 0 Å². The second-order valence-corrected chi connectivity index (χ2v) is 8.39. The minimum Gasteiger partial charge on any atom is -0.330 e. The van der Waals surface area contributed by atoms with E-state index in [0.29, 0.717) is 29.5 Å². The monoisotopic (exact) mass is 425 g/mol. The molecule has 3 aromatic carbocycles. The van der Waals surface area contributed by atoms with Crippen molar-refractivity contribution < 1.29 is 4.39 Å². The smallest absolute Gasteiger partial charge is 0.277 e. The second-order valence-electron chi connectivity index (χ2n) is 8.39. The Labute approximate surface area is 185 Å². The van der Waals surface area contributed by atoms with Gasteiger partial charge in [-0.25, -0.2) is 9.37 Å². The fourth-order valence-electron chi connectivity index (χ4n) is 4.41. The number of rotatable bonds is 5. The van der Waals surface area contributed by atoms with E-state index in [-0.39, 0.29) is 17.3 Å². The third kappa shape index (κ3) is 3.50. The molecule has 0 N–H and O–H groups in total. The van der Waals surface area contributed by atoms with Crippen LogP contribution in [0.3, 0.4) is 0 Å². The first-order chi connectivity index (χ1) is 15.5. The van der Waals surface area contributed by atoms with Crippen molar-refractivity contribution in [3.05, 3.63) is 112 Å². The van der Waals surface area contributed by atoms with Gasteiger partial charge < -0.3 is 4.57 Å². The van der Waals surface area contributed by atoms with Crippen molar-refractivity contribution in [1.82, 2.24) is 14.1 Å². The summed E-state index contributed by atoms with van der Waals surface area (Å²) in [5, 5.41) is 0.661. The standard InChI is InChI=1S/C27H24FN3O/c1-18-8-6-7-11-21(18)16-31-24-13-12-22(28)14-23(24)25-26(31)27(32)30(17-29-25)15-19(2)20-9-4-3-5-10-20/h3-14,17,19H,15-16H2,1-2H3/t19-/m0/s1. The molecule has 5 aromatic rings. The van der Waals surface area contributed by atoms with Gasteiger partial charge in [0.1, 0.15) is 16.9 Å². The molecule has 0 amide bonds. The van der Waals surface area contributed by atoms with E-state index in [0.717, 1.165) is 16.6 Å². The molecule has 0 bridgehead atoms. The molecule has 0 saturated carbocycles. The van der Waals surface area contributed by atoms with E-state index in [1.54, 1.807) is 17.0 Å². The van der Waals surface area contributed by atoms with Crippen LogP contribution in [0.5, 0.6) is 0 Å². The Morgan fingerprint density at radius 3 is 2.53 bits per heavy atom. The first kappa shape index (κ1) is 20.2. The predicted molar refractivity (Wildman–Crippen MR) is 127 cm³/mol. The molecule has 0 aliphatic heterocycles. The lowest BCUT2D eigenvalue weighted by Crippen LogP contribution is -2.24. The van der Waals surface area contributed by atoms with Gasteiger partial charge in [-0.15, -0.1) is 0 Å². The lowest BCUT2D eigenvalue weighted by atomic mass is 10.0. The Morgan fingerprint density at radius 1 is 1.00 bits per heavy atom. The molecule has 1 atom stereocenters. The van der Waals surface area contributed by atoms with Crippen LogP contribution in [-0.4, -0.2) is 14.1 Å². The van der Waals surface area contributed by atoms with E-state index < -0.39 is 0 Å². The minimum absolute atomic E-state index is 0.108. The Kier molecular flexibility index (Phi) is 5.10. The summed E-state index contributed by atoms with van der Waals surface area (Å²) in [7, 11) is 0. The van der Waals surface area contributed by atoms with Gasteiger partial charge in [-0.05, 0) is 47.7 Å².